The molecule has 1 atom stereocenters. The molecule has 1 aliphatic rings. The molecule has 0 bridgehead atoms. The normalized spacial score (nSPS) is 15.8. The topological polar surface area (TPSA) is 62.2 Å². The van der Waals surface area contributed by atoms with Crippen molar-refractivity contribution in [3.05, 3.63) is 71.5 Å². The smallest absolute Gasteiger partial charge is 0.262 e. The van der Waals surface area contributed by atoms with Gasteiger partial charge in [-0.25, -0.2) is 9.40 Å². The Morgan fingerprint density at radius 1 is 1.17 bits per heavy atom. The van der Waals surface area contributed by atoms with Crippen molar-refractivity contribution in [1.29, 1.82) is 0 Å². The van der Waals surface area contributed by atoms with Gasteiger partial charge in [0.15, 0.2) is 0 Å². The Bertz CT molecular complexity index is 900. The van der Waals surface area contributed by atoms with Crippen LogP contribution in [0.1, 0.15) is 36.9 Å². The standard InChI is InChI=1S/C23H26FN3O3/c1-3-22(28)26(13-14-30-2)16-23(29)27-21(18-7-5-4-6-8-18)15-20(25-27)17-9-11-19(24)12-10-17/h4-12,21H,3,13-16H2,1-2H3. The highest BCUT2D eigenvalue weighted by atomic mass is 19.1. The largest absolute Gasteiger partial charge is 0.383 e. The molecule has 158 valence electrons. The zero-order chi connectivity index (χ0) is 21.5. The van der Waals surface area contributed by atoms with Crippen LogP contribution >= 0.6 is 0 Å². The summed E-state index contributed by atoms with van der Waals surface area (Å²) in [5.74, 6) is -0.700. The van der Waals surface area contributed by atoms with Gasteiger partial charge in [-0.15, -0.1) is 0 Å². The van der Waals surface area contributed by atoms with Gasteiger partial charge in [0, 0.05) is 26.5 Å². The number of ether oxygens (including phenoxy) is 1. The van der Waals surface area contributed by atoms with E-state index in [9.17, 15) is 14.0 Å². The van der Waals surface area contributed by atoms with Gasteiger partial charge >= 0.3 is 0 Å². The summed E-state index contributed by atoms with van der Waals surface area (Å²) >= 11 is 0. The molecule has 0 saturated carbocycles. The van der Waals surface area contributed by atoms with Gasteiger partial charge in [-0.1, -0.05) is 49.4 Å². The summed E-state index contributed by atoms with van der Waals surface area (Å²) in [7, 11) is 1.56. The maximum absolute atomic E-state index is 13.3. The van der Waals surface area contributed by atoms with E-state index in [0.29, 0.717) is 31.7 Å². The molecule has 0 saturated heterocycles. The lowest BCUT2D eigenvalue weighted by Crippen LogP contribution is -2.42. The van der Waals surface area contributed by atoms with Crippen LogP contribution in [0.15, 0.2) is 59.7 Å². The van der Waals surface area contributed by atoms with Crippen molar-refractivity contribution < 1.29 is 18.7 Å². The van der Waals surface area contributed by atoms with E-state index < -0.39 is 0 Å². The van der Waals surface area contributed by atoms with Crippen molar-refractivity contribution in [1.82, 2.24) is 9.91 Å². The first-order chi connectivity index (χ1) is 14.5. The molecule has 2 aromatic rings. The number of halogens is 1. The molecular weight excluding hydrogens is 385 g/mol. The van der Waals surface area contributed by atoms with Crippen LogP contribution in [0.2, 0.25) is 0 Å². The fourth-order valence-corrected chi connectivity index (χ4v) is 3.44. The van der Waals surface area contributed by atoms with Crippen LogP contribution in [0.5, 0.6) is 0 Å². The van der Waals surface area contributed by atoms with Crippen LogP contribution in [0.3, 0.4) is 0 Å². The van der Waals surface area contributed by atoms with Gasteiger partial charge in [-0.05, 0) is 23.3 Å². The Balaban J connectivity index is 1.87. The van der Waals surface area contributed by atoms with Crippen molar-refractivity contribution in [3.8, 4) is 0 Å². The highest BCUT2D eigenvalue weighted by Crippen LogP contribution is 2.32. The average molecular weight is 411 g/mol. The molecule has 0 radical (unpaired) electrons. The van der Waals surface area contributed by atoms with Gasteiger partial charge in [0.2, 0.25) is 5.91 Å². The molecule has 1 aliphatic heterocycles. The first kappa shape index (κ1) is 21.6. The molecule has 6 nitrogen and oxygen atoms in total. The lowest BCUT2D eigenvalue weighted by Gasteiger charge is -2.26. The number of carbonyl (C=O) groups excluding carboxylic acids is 2. The van der Waals surface area contributed by atoms with Crippen LogP contribution < -0.4 is 0 Å². The fourth-order valence-electron chi connectivity index (χ4n) is 3.44. The number of nitrogens with zero attached hydrogens (tertiary/aromatic N) is 3. The van der Waals surface area contributed by atoms with Crippen LogP contribution in [-0.2, 0) is 14.3 Å². The number of benzene rings is 2. The third-order valence-electron chi connectivity index (χ3n) is 5.07. The second-order valence-corrected chi connectivity index (χ2v) is 7.08. The summed E-state index contributed by atoms with van der Waals surface area (Å²) in [4.78, 5) is 26.9. The first-order valence-electron chi connectivity index (χ1n) is 10.0. The fraction of sp³-hybridized carbons (Fsp3) is 0.348. The number of rotatable bonds is 8. The summed E-state index contributed by atoms with van der Waals surface area (Å²) in [6.07, 6.45) is 0.824. The number of amides is 2. The SMILES string of the molecule is CCC(=O)N(CCOC)CC(=O)N1N=C(c2ccc(F)cc2)CC1c1ccccc1. The van der Waals surface area contributed by atoms with Crippen LogP contribution in [-0.4, -0.2) is 54.2 Å². The van der Waals surface area contributed by atoms with Crippen LogP contribution in [0, 0.1) is 5.82 Å². The predicted molar refractivity (Wildman–Crippen MR) is 112 cm³/mol. The van der Waals surface area contributed by atoms with E-state index in [1.54, 1.807) is 26.2 Å². The number of carbonyl (C=O) groups is 2. The minimum atomic E-state index is -0.322. The minimum absolute atomic E-state index is 0.0699. The maximum Gasteiger partial charge on any atom is 0.262 e. The van der Waals surface area contributed by atoms with E-state index in [4.69, 9.17) is 4.74 Å². The van der Waals surface area contributed by atoms with Crippen molar-refractivity contribution in [3.63, 3.8) is 0 Å². The van der Waals surface area contributed by atoms with Crippen LogP contribution in [0.4, 0.5) is 4.39 Å². The van der Waals surface area contributed by atoms with Gasteiger partial charge in [0.1, 0.15) is 12.4 Å². The van der Waals surface area contributed by atoms with E-state index in [0.717, 1.165) is 11.1 Å². The number of hydrazone groups is 1. The lowest BCUT2D eigenvalue weighted by molar-refractivity contribution is -0.141. The highest BCUT2D eigenvalue weighted by Gasteiger charge is 2.34. The predicted octanol–water partition coefficient (Wildman–Crippen LogP) is 3.39. The average Bonchev–Trinajstić information content (AvgIpc) is 3.22. The third-order valence-corrected chi connectivity index (χ3v) is 5.07. The summed E-state index contributed by atoms with van der Waals surface area (Å²) < 4.78 is 18.4. The van der Waals surface area contributed by atoms with Gasteiger partial charge in [0.25, 0.3) is 5.91 Å². The molecule has 2 amide bonds. The zero-order valence-corrected chi connectivity index (χ0v) is 17.3. The van der Waals surface area contributed by atoms with E-state index in [1.807, 2.05) is 30.3 Å². The molecule has 0 N–H and O–H groups in total. The molecule has 1 heterocycles. The number of hydrogen-bond donors (Lipinski definition) is 0. The molecule has 3 rings (SSSR count). The number of methoxy groups -OCH3 is 1. The Labute approximate surface area is 175 Å². The van der Waals surface area contributed by atoms with Gasteiger partial charge in [0.05, 0.1) is 18.4 Å². The van der Waals surface area contributed by atoms with Crippen LogP contribution in [0.25, 0.3) is 0 Å². The molecule has 0 aliphatic carbocycles. The maximum atomic E-state index is 13.3. The highest BCUT2D eigenvalue weighted by molar-refractivity contribution is 6.03. The molecule has 0 spiro atoms. The molecule has 7 heteroatoms. The van der Waals surface area contributed by atoms with Gasteiger partial charge < -0.3 is 9.64 Å². The quantitative estimate of drug-likeness (QED) is 0.669. The zero-order valence-electron chi connectivity index (χ0n) is 17.3. The van der Waals surface area contributed by atoms with Crippen molar-refractivity contribution in [2.75, 3.05) is 26.8 Å². The monoisotopic (exact) mass is 411 g/mol. The van der Waals surface area contributed by atoms with E-state index in [1.165, 1.54) is 22.0 Å². The van der Waals surface area contributed by atoms with Crippen molar-refractivity contribution >= 4 is 17.5 Å². The van der Waals surface area contributed by atoms with Crippen molar-refractivity contribution in [2.24, 2.45) is 5.10 Å². The second kappa shape index (κ2) is 10.1. The lowest BCUT2D eigenvalue weighted by atomic mass is 9.98. The van der Waals surface area contributed by atoms with Gasteiger partial charge in [-0.2, -0.15) is 5.10 Å². The number of hydrogen-bond acceptors (Lipinski definition) is 4. The first-order valence-corrected chi connectivity index (χ1v) is 10.0. The Kier molecular flexibility index (Phi) is 7.30. The Morgan fingerprint density at radius 2 is 1.87 bits per heavy atom. The molecule has 0 fully saturated rings. The van der Waals surface area contributed by atoms with Gasteiger partial charge in [-0.3, -0.25) is 9.59 Å². The Morgan fingerprint density at radius 3 is 2.50 bits per heavy atom. The molecule has 30 heavy (non-hydrogen) atoms. The summed E-state index contributed by atoms with van der Waals surface area (Å²) in [5.41, 5.74) is 2.44. The molecule has 2 aromatic carbocycles. The molecular formula is C23H26FN3O3. The summed E-state index contributed by atoms with van der Waals surface area (Å²) in [5, 5.41) is 6.03. The third kappa shape index (κ3) is 5.10. The summed E-state index contributed by atoms with van der Waals surface area (Å²) in [6, 6.07) is 15.5. The second-order valence-electron chi connectivity index (χ2n) is 7.08. The molecule has 1 unspecified atom stereocenters. The van der Waals surface area contributed by atoms with E-state index >= 15 is 0 Å². The van der Waals surface area contributed by atoms with E-state index in [-0.39, 0.29) is 30.2 Å². The minimum Gasteiger partial charge on any atom is -0.383 e. The van der Waals surface area contributed by atoms with Crippen molar-refractivity contribution in [2.45, 2.75) is 25.8 Å². The molecule has 0 aromatic heterocycles. The van der Waals surface area contributed by atoms with E-state index in [2.05, 4.69) is 5.10 Å². The summed E-state index contributed by atoms with van der Waals surface area (Å²) in [6.45, 7) is 2.39. The Hall–Kier alpha value is -3.06.